The van der Waals surface area contributed by atoms with Crippen molar-refractivity contribution in [3.8, 4) is 17.3 Å². The van der Waals surface area contributed by atoms with Crippen LogP contribution < -0.4 is 0 Å². The Morgan fingerprint density at radius 1 is 1.19 bits per heavy atom. The first kappa shape index (κ1) is 10.2. The minimum atomic E-state index is -0.338. The van der Waals surface area contributed by atoms with E-state index in [2.05, 4.69) is 15.2 Å². The van der Waals surface area contributed by atoms with Crippen molar-refractivity contribution < 1.29 is 4.39 Å². The fourth-order valence-corrected chi connectivity index (χ4v) is 1.29. The van der Waals surface area contributed by atoms with Crippen molar-refractivity contribution in [3.05, 3.63) is 41.6 Å². The quantitative estimate of drug-likeness (QED) is 0.726. The monoisotopic (exact) mass is 214 g/mol. The van der Waals surface area contributed by atoms with E-state index in [1.165, 1.54) is 24.3 Å². The molecule has 0 saturated heterocycles. The van der Waals surface area contributed by atoms with E-state index in [0.29, 0.717) is 17.1 Å². The van der Waals surface area contributed by atoms with Gasteiger partial charge >= 0.3 is 0 Å². The molecule has 2 rings (SSSR count). The summed E-state index contributed by atoms with van der Waals surface area (Å²) in [6.45, 7) is 1.66. The SMILES string of the molecule is Cc1nnc(-c2ccc(F)cc2)c(C#N)n1. The van der Waals surface area contributed by atoms with Crippen molar-refractivity contribution in [2.45, 2.75) is 6.92 Å². The summed E-state index contributed by atoms with van der Waals surface area (Å²) in [7, 11) is 0. The molecule has 0 bridgehead atoms. The molecule has 5 heteroatoms. The summed E-state index contributed by atoms with van der Waals surface area (Å²) in [4.78, 5) is 3.96. The molecule has 4 nitrogen and oxygen atoms in total. The molecular formula is C11H7FN4. The van der Waals surface area contributed by atoms with Crippen molar-refractivity contribution in [2.75, 3.05) is 0 Å². The lowest BCUT2D eigenvalue weighted by atomic mass is 10.1. The lowest BCUT2D eigenvalue weighted by Gasteiger charge is -2.01. The number of rotatable bonds is 1. The van der Waals surface area contributed by atoms with Crippen LogP contribution in [0.15, 0.2) is 24.3 Å². The second-order valence-electron chi connectivity index (χ2n) is 3.17. The molecule has 1 heterocycles. The molecule has 0 unspecified atom stereocenters. The summed E-state index contributed by atoms with van der Waals surface area (Å²) in [6, 6.07) is 7.63. The minimum Gasteiger partial charge on any atom is -0.218 e. The molecule has 0 atom stereocenters. The molecule has 1 aromatic heterocycles. The van der Waals surface area contributed by atoms with E-state index in [0.717, 1.165) is 0 Å². The molecule has 0 spiro atoms. The molecule has 0 radical (unpaired) electrons. The van der Waals surface area contributed by atoms with Gasteiger partial charge in [0.05, 0.1) is 0 Å². The summed E-state index contributed by atoms with van der Waals surface area (Å²) in [5, 5.41) is 16.6. The van der Waals surface area contributed by atoms with Crippen LogP contribution in [-0.4, -0.2) is 15.2 Å². The number of halogens is 1. The van der Waals surface area contributed by atoms with Crippen LogP contribution in [0.5, 0.6) is 0 Å². The number of aryl methyl sites for hydroxylation is 1. The highest BCUT2D eigenvalue weighted by Crippen LogP contribution is 2.19. The molecule has 78 valence electrons. The number of hydrogen-bond acceptors (Lipinski definition) is 4. The van der Waals surface area contributed by atoms with E-state index in [-0.39, 0.29) is 11.5 Å². The molecule has 0 aliphatic carbocycles. The third-order valence-electron chi connectivity index (χ3n) is 2.02. The average Bonchev–Trinajstić information content (AvgIpc) is 2.30. The van der Waals surface area contributed by atoms with Crippen molar-refractivity contribution in [2.24, 2.45) is 0 Å². The number of nitrogens with zero attached hydrogens (tertiary/aromatic N) is 4. The van der Waals surface area contributed by atoms with Gasteiger partial charge in [0.1, 0.15) is 23.4 Å². The van der Waals surface area contributed by atoms with Crippen molar-refractivity contribution in [1.82, 2.24) is 15.2 Å². The van der Waals surface area contributed by atoms with Crippen LogP contribution >= 0.6 is 0 Å². The Kier molecular flexibility index (Phi) is 2.56. The summed E-state index contributed by atoms with van der Waals surface area (Å²) < 4.78 is 12.7. The van der Waals surface area contributed by atoms with Crippen LogP contribution in [-0.2, 0) is 0 Å². The van der Waals surface area contributed by atoms with Gasteiger partial charge in [-0.2, -0.15) is 5.26 Å². The van der Waals surface area contributed by atoms with Gasteiger partial charge in [0.25, 0.3) is 0 Å². The Bertz CT molecular complexity index is 557. The van der Waals surface area contributed by atoms with Gasteiger partial charge in [-0.15, -0.1) is 10.2 Å². The van der Waals surface area contributed by atoms with Crippen molar-refractivity contribution in [3.63, 3.8) is 0 Å². The predicted octanol–water partition coefficient (Wildman–Crippen LogP) is 1.86. The van der Waals surface area contributed by atoms with Gasteiger partial charge in [-0.1, -0.05) is 0 Å². The number of benzene rings is 1. The Hall–Kier alpha value is -2.35. The highest BCUT2D eigenvalue weighted by atomic mass is 19.1. The maximum Gasteiger partial charge on any atom is 0.170 e. The largest absolute Gasteiger partial charge is 0.218 e. The van der Waals surface area contributed by atoms with Crippen LogP contribution in [0.2, 0.25) is 0 Å². The lowest BCUT2D eigenvalue weighted by molar-refractivity contribution is 0.628. The summed E-state index contributed by atoms with van der Waals surface area (Å²) in [6.07, 6.45) is 0. The Labute approximate surface area is 91.4 Å². The zero-order valence-corrected chi connectivity index (χ0v) is 8.48. The van der Waals surface area contributed by atoms with E-state index in [4.69, 9.17) is 5.26 Å². The van der Waals surface area contributed by atoms with Crippen LogP contribution in [0.4, 0.5) is 4.39 Å². The normalized spacial score (nSPS) is 9.81. The third kappa shape index (κ3) is 1.86. The first-order valence-electron chi connectivity index (χ1n) is 4.58. The fourth-order valence-electron chi connectivity index (χ4n) is 1.29. The number of nitriles is 1. The fraction of sp³-hybridized carbons (Fsp3) is 0.0909. The van der Waals surface area contributed by atoms with E-state index in [1.54, 1.807) is 6.92 Å². The van der Waals surface area contributed by atoms with Crippen LogP contribution in [0, 0.1) is 24.1 Å². The van der Waals surface area contributed by atoms with Gasteiger partial charge in [0.15, 0.2) is 5.69 Å². The summed E-state index contributed by atoms with van der Waals surface area (Å²) in [5.41, 5.74) is 1.19. The zero-order chi connectivity index (χ0) is 11.5. The average molecular weight is 214 g/mol. The lowest BCUT2D eigenvalue weighted by Crippen LogP contribution is -1.99. The highest BCUT2D eigenvalue weighted by Gasteiger charge is 2.09. The van der Waals surface area contributed by atoms with E-state index >= 15 is 0 Å². The summed E-state index contributed by atoms with van der Waals surface area (Å²) >= 11 is 0. The Morgan fingerprint density at radius 2 is 1.88 bits per heavy atom. The van der Waals surface area contributed by atoms with E-state index in [9.17, 15) is 4.39 Å². The second-order valence-corrected chi connectivity index (χ2v) is 3.17. The first-order chi connectivity index (χ1) is 7.70. The van der Waals surface area contributed by atoms with Gasteiger partial charge in [0, 0.05) is 5.56 Å². The Balaban J connectivity index is 2.56. The van der Waals surface area contributed by atoms with E-state index < -0.39 is 0 Å². The molecule has 0 aliphatic heterocycles. The molecule has 1 aromatic carbocycles. The summed E-state index contributed by atoms with van der Waals surface area (Å²) in [5.74, 6) is 0.0951. The molecule has 0 aliphatic rings. The Morgan fingerprint density at radius 3 is 2.50 bits per heavy atom. The molecule has 0 saturated carbocycles. The van der Waals surface area contributed by atoms with Gasteiger partial charge in [-0.25, -0.2) is 9.37 Å². The standard InChI is InChI=1S/C11H7FN4/c1-7-14-10(6-13)11(16-15-7)8-2-4-9(12)5-3-8/h2-5H,1H3. The van der Waals surface area contributed by atoms with Crippen molar-refractivity contribution in [1.29, 1.82) is 5.26 Å². The minimum absolute atomic E-state index is 0.194. The van der Waals surface area contributed by atoms with Crippen LogP contribution in [0.1, 0.15) is 11.5 Å². The van der Waals surface area contributed by atoms with Crippen molar-refractivity contribution >= 4 is 0 Å². The predicted molar refractivity (Wildman–Crippen MR) is 54.7 cm³/mol. The van der Waals surface area contributed by atoms with Gasteiger partial charge < -0.3 is 0 Å². The zero-order valence-electron chi connectivity index (χ0n) is 8.48. The molecule has 2 aromatic rings. The molecule has 16 heavy (non-hydrogen) atoms. The topological polar surface area (TPSA) is 62.5 Å². The van der Waals surface area contributed by atoms with E-state index in [1.807, 2.05) is 6.07 Å². The molecular weight excluding hydrogens is 207 g/mol. The third-order valence-corrected chi connectivity index (χ3v) is 2.02. The number of hydrogen-bond donors (Lipinski definition) is 0. The first-order valence-corrected chi connectivity index (χ1v) is 4.58. The van der Waals surface area contributed by atoms with Gasteiger partial charge in [-0.05, 0) is 31.2 Å². The maximum absolute atomic E-state index is 12.7. The smallest absolute Gasteiger partial charge is 0.170 e. The van der Waals surface area contributed by atoms with Crippen LogP contribution in [0.25, 0.3) is 11.3 Å². The van der Waals surface area contributed by atoms with Gasteiger partial charge in [0.2, 0.25) is 0 Å². The maximum atomic E-state index is 12.7. The highest BCUT2D eigenvalue weighted by molar-refractivity contribution is 5.63. The molecule has 0 N–H and O–H groups in total. The van der Waals surface area contributed by atoms with Crippen LogP contribution in [0.3, 0.4) is 0 Å². The van der Waals surface area contributed by atoms with Gasteiger partial charge in [-0.3, -0.25) is 0 Å². The molecule has 0 fully saturated rings. The second kappa shape index (κ2) is 4.03. The molecule has 0 amide bonds. The number of aromatic nitrogens is 3.